The third kappa shape index (κ3) is 4.98. The lowest BCUT2D eigenvalue weighted by Crippen LogP contribution is -2.36. The molecule has 0 spiro atoms. The third-order valence-corrected chi connectivity index (χ3v) is 4.27. The van der Waals surface area contributed by atoms with Gasteiger partial charge in [0, 0.05) is 11.6 Å². The third-order valence-electron chi connectivity index (χ3n) is 4.27. The maximum atomic E-state index is 12.9. The number of amides is 2. The summed E-state index contributed by atoms with van der Waals surface area (Å²) >= 11 is 0. The molecule has 0 aliphatic heterocycles. The van der Waals surface area contributed by atoms with Gasteiger partial charge in [-0.05, 0) is 36.2 Å². The van der Waals surface area contributed by atoms with E-state index in [1.165, 1.54) is 12.3 Å². The van der Waals surface area contributed by atoms with E-state index in [4.69, 9.17) is 4.42 Å². The summed E-state index contributed by atoms with van der Waals surface area (Å²) < 4.78 is 5.31. The highest BCUT2D eigenvalue weighted by molar-refractivity contribution is 6.05. The van der Waals surface area contributed by atoms with Crippen LogP contribution in [0.15, 0.2) is 89.2 Å². The van der Waals surface area contributed by atoms with E-state index in [-0.39, 0.29) is 23.6 Å². The van der Waals surface area contributed by atoms with E-state index in [1.807, 2.05) is 43.3 Å². The summed E-state index contributed by atoms with van der Waals surface area (Å²) in [6, 6.07) is 21.8. The molecule has 5 nitrogen and oxygen atoms in total. The minimum absolute atomic E-state index is 0.123. The zero-order valence-corrected chi connectivity index (χ0v) is 15.6. The van der Waals surface area contributed by atoms with Crippen molar-refractivity contribution in [1.82, 2.24) is 10.6 Å². The Bertz CT molecular complexity index is 933. The Morgan fingerprint density at radius 2 is 1.64 bits per heavy atom. The van der Waals surface area contributed by atoms with Gasteiger partial charge in [0.1, 0.15) is 11.5 Å². The molecule has 1 aromatic heterocycles. The molecule has 0 radical (unpaired) electrons. The van der Waals surface area contributed by atoms with Crippen molar-refractivity contribution in [3.63, 3.8) is 0 Å². The highest BCUT2D eigenvalue weighted by atomic mass is 16.3. The lowest BCUT2D eigenvalue weighted by atomic mass is 10.0. The highest BCUT2D eigenvalue weighted by Gasteiger charge is 2.19. The highest BCUT2D eigenvalue weighted by Crippen LogP contribution is 2.17. The number of nitrogens with one attached hydrogen (secondary N) is 2. The smallest absolute Gasteiger partial charge is 0.268 e. The van der Waals surface area contributed by atoms with Crippen LogP contribution in [0.2, 0.25) is 0 Å². The van der Waals surface area contributed by atoms with Crippen LogP contribution in [0.25, 0.3) is 6.08 Å². The monoisotopic (exact) mass is 374 g/mol. The second-order valence-electron chi connectivity index (χ2n) is 6.24. The van der Waals surface area contributed by atoms with Crippen molar-refractivity contribution >= 4 is 17.9 Å². The quantitative estimate of drug-likeness (QED) is 0.605. The summed E-state index contributed by atoms with van der Waals surface area (Å²) in [4.78, 5) is 25.5. The number of furan rings is 1. The molecule has 0 aliphatic rings. The predicted octanol–water partition coefficient (Wildman–Crippen LogP) is 4.32. The maximum absolute atomic E-state index is 12.9. The number of benzene rings is 2. The summed E-state index contributed by atoms with van der Waals surface area (Å²) in [6.07, 6.45) is 3.75. The first-order chi connectivity index (χ1) is 13.7. The van der Waals surface area contributed by atoms with E-state index >= 15 is 0 Å². The first-order valence-corrected chi connectivity index (χ1v) is 9.14. The minimum atomic E-state index is -0.378. The molecular formula is C23H22N2O3. The molecule has 0 saturated heterocycles. The molecule has 2 aromatic carbocycles. The molecule has 0 unspecified atom stereocenters. The van der Waals surface area contributed by atoms with E-state index in [0.717, 1.165) is 12.0 Å². The fraction of sp³-hybridized carbons (Fsp3) is 0.130. The summed E-state index contributed by atoms with van der Waals surface area (Å²) in [5, 5.41) is 5.69. The minimum Gasteiger partial charge on any atom is -0.465 e. The number of carbonyl (C=O) groups is 2. The lowest BCUT2D eigenvalue weighted by Gasteiger charge is -2.19. The van der Waals surface area contributed by atoms with Gasteiger partial charge in [0.2, 0.25) is 0 Å². The van der Waals surface area contributed by atoms with Crippen molar-refractivity contribution in [2.75, 3.05) is 0 Å². The van der Waals surface area contributed by atoms with E-state index in [2.05, 4.69) is 10.6 Å². The van der Waals surface area contributed by atoms with Gasteiger partial charge < -0.3 is 15.1 Å². The molecule has 0 saturated carbocycles. The van der Waals surface area contributed by atoms with Crippen LogP contribution in [0.5, 0.6) is 0 Å². The molecule has 142 valence electrons. The molecule has 3 rings (SSSR count). The summed E-state index contributed by atoms with van der Waals surface area (Å²) in [7, 11) is 0. The van der Waals surface area contributed by atoms with Crippen molar-refractivity contribution in [3.8, 4) is 0 Å². The normalized spacial score (nSPS) is 12.2. The van der Waals surface area contributed by atoms with Crippen LogP contribution in [0.1, 0.15) is 41.1 Å². The van der Waals surface area contributed by atoms with Crippen molar-refractivity contribution in [2.24, 2.45) is 0 Å². The molecule has 1 atom stereocenters. The van der Waals surface area contributed by atoms with Crippen LogP contribution in [-0.4, -0.2) is 11.8 Å². The molecule has 0 fully saturated rings. The van der Waals surface area contributed by atoms with Crippen LogP contribution < -0.4 is 10.6 Å². The first kappa shape index (κ1) is 19.2. The molecular weight excluding hydrogens is 352 g/mol. The Hall–Kier alpha value is -3.60. The second-order valence-corrected chi connectivity index (χ2v) is 6.24. The van der Waals surface area contributed by atoms with Gasteiger partial charge in [0.15, 0.2) is 0 Å². The Labute approximate surface area is 164 Å². The van der Waals surface area contributed by atoms with Crippen molar-refractivity contribution in [3.05, 3.63) is 102 Å². The lowest BCUT2D eigenvalue weighted by molar-refractivity contribution is -0.118. The Morgan fingerprint density at radius 3 is 2.25 bits per heavy atom. The molecule has 3 aromatic rings. The molecule has 0 bridgehead atoms. The van der Waals surface area contributed by atoms with Crippen LogP contribution in [-0.2, 0) is 4.79 Å². The molecule has 2 amide bonds. The SMILES string of the molecule is CC[C@H](NC(=O)/C(=C/c1ccco1)NC(=O)c1ccccc1)c1ccccc1. The second kappa shape index (κ2) is 9.37. The molecule has 5 heteroatoms. The van der Waals surface area contributed by atoms with Gasteiger partial charge in [-0.1, -0.05) is 55.5 Å². The number of carbonyl (C=O) groups excluding carboxylic acids is 2. The molecule has 2 N–H and O–H groups in total. The summed E-state index contributed by atoms with van der Waals surface area (Å²) in [5.74, 6) is -0.260. The Morgan fingerprint density at radius 1 is 0.964 bits per heavy atom. The zero-order chi connectivity index (χ0) is 19.8. The van der Waals surface area contributed by atoms with Crippen LogP contribution in [0, 0.1) is 0 Å². The van der Waals surface area contributed by atoms with Gasteiger partial charge in [-0.3, -0.25) is 9.59 Å². The van der Waals surface area contributed by atoms with Crippen LogP contribution in [0.4, 0.5) is 0 Å². The number of hydrogen-bond acceptors (Lipinski definition) is 3. The molecule has 1 heterocycles. The van der Waals surface area contributed by atoms with Gasteiger partial charge in [-0.2, -0.15) is 0 Å². The van der Waals surface area contributed by atoms with Crippen LogP contribution in [0.3, 0.4) is 0 Å². The predicted molar refractivity (Wildman–Crippen MR) is 108 cm³/mol. The van der Waals surface area contributed by atoms with Crippen molar-refractivity contribution < 1.29 is 14.0 Å². The average Bonchev–Trinajstić information content (AvgIpc) is 3.25. The molecule has 28 heavy (non-hydrogen) atoms. The van der Waals surface area contributed by atoms with Gasteiger partial charge >= 0.3 is 0 Å². The number of hydrogen-bond donors (Lipinski definition) is 2. The van der Waals surface area contributed by atoms with E-state index in [9.17, 15) is 9.59 Å². The van der Waals surface area contributed by atoms with Gasteiger partial charge in [-0.15, -0.1) is 0 Å². The summed E-state index contributed by atoms with van der Waals surface area (Å²) in [5.41, 5.74) is 1.60. The van der Waals surface area contributed by atoms with E-state index in [0.29, 0.717) is 11.3 Å². The Kier molecular flexibility index (Phi) is 6.41. The van der Waals surface area contributed by atoms with E-state index in [1.54, 1.807) is 36.4 Å². The summed E-state index contributed by atoms with van der Waals surface area (Å²) in [6.45, 7) is 2.00. The fourth-order valence-corrected chi connectivity index (χ4v) is 2.80. The fourth-order valence-electron chi connectivity index (χ4n) is 2.80. The van der Waals surface area contributed by atoms with E-state index < -0.39 is 0 Å². The Balaban J connectivity index is 1.82. The van der Waals surface area contributed by atoms with Gasteiger partial charge in [0.05, 0.1) is 12.3 Å². The first-order valence-electron chi connectivity index (χ1n) is 9.14. The standard InChI is InChI=1S/C23H22N2O3/c1-2-20(17-10-5-3-6-11-17)24-23(27)21(16-19-14-9-15-28-19)25-22(26)18-12-7-4-8-13-18/h3-16,20H,2H2,1H3,(H,24,27)(H,25,26)/b21-16-/t20-/m0/s1. The maximum Gasteiger partial charge on any atom is 0.268 e. The van der Waals surface area contributed by atoms with Crippen LogP contribution >= 0.6 is 0 Å². The molecule has 0 aliphatic carbocycles. The topological polar surface area (TPSA) is 71.3 Å². The zero-order valence-electron chi connectivity index (χ0n) is 15.6. The van der Waals surface area contributed by atoms with Gasteiger partial charge in [-0.25, -0.2) is 0 Å². The number of rotatable bonds is 7. The average molecular weight is 374 g/mol. The van der Waals surface area contributed by atoms with Gasteiger partial charge in [0.25, 0.3) is 11.8 Å². The largest absolute Gasteiger partial charge is 0.465 e. The van der Waals surface area contributed by atoms with Crippen molar-refractivity contribution in [1.29, 1.82) is 0 Å². The van der Waals surface area contributed by atoms with Crippen molar-refractivity contribution in [2.45, 2.75) is 19.4 Å².